The zero-order valence-electron chi connectivity index (χ0n) is 11.0. The molecule has 0 spiro atoms. The van der Waals surface area contributed by atoms with Crippen molar-refractivity contribution in [3.8, 4) is 0 Å². The molecule has 0 fully saturated rings. The third kappa shape index (κ3) is 2.07. The molecular weight excluding hydrogens is 278 g/mol. The molecule has 0 atom stereocenters. The minimum Gasteiger partial charge on any atom is -0.359 e. The van der Waals surface area contributed by atoms with Crippen molar-refractivity contribution in [3.63, 3.8) is 0 Å². The normalized spacial score (nSPS) is 11.6. The van der Waals surface area contributed by atoms with E-state index in [0.717, 1.165) is 5.69 Å². The summed E-state index contributed by atoms with van der Waals surface area (Å²) in [4.78, 5) is 21.3. The predicted octanol–water partition coefficient (Wildman–Crippen LogP) is 1.94. The highest BCUT2D eigenvalue weighted by atomic mass is 32.1. The van der Waals surface area contributed by atoms with Gasteiger partial charge >= 0.3 is 0 Å². The topological polar surface area (TPSA) is 92.5 Å². The Morgan fingerprint density at radius 1 is 1.50 bits per heavy atom. The number of hydrogen-bond donors (Lipinski definition) is 2. The molecule has 20 heavy (non-hydrogen) atoms. The van der Waals surface area contributed by atoms with Gasteiger partial charge in [0.1, 0.15) is 5.52 Å². The van der Waals surface area contributed by atoms with Crippen LogP contribution in [0.5, 0.6) is 0 Å². The molecule has 2 N–H and O–H groups in total. The molecule has 3 rings (SSSR count). The summed E-state index contributed by atoms with van der Waals surface area (Å²) >= 11 is 5.18. The first-order valence-corrected chi connectivity index (χ1v) is 6.59. The number of hydrogen-bond acceptors (Lipinski definition) is 5. The molecule has 0 amide bonds. The van der Waals surface area contributed by atoms with Crippen LogP contribution in [0, 0.1) is 4.77 Å². The fourth-order valence-corrected chi connectivity index (χ4v) is 2.20. The van der Waals surface area contributed by atoms with Gasteiger partial charge in [0.25, 0.3) is 5.56 Å². The fraction of sp³-hybridized carbons (Fsp3) is 0.333. The molecule has 3 heterocycles. The first kappa shape index (κ1) is 12.8. The summed E-state index contributed by atoms with van der Waals surface area (Å²) in [7, 11) is 0. The van der Waals surface area contributed by atoms with E-state index in [2.05, 4.69) is 20.1 Å². The van der Waals surface area contributed by atoms with Crippen LogP contribution in [0.3, 0.4) is 0 Å². The van der Waals surface area contributed by atoms with Crippen LogP contribution in [0.1, 0.15) is 31.2 Å². The molecule has 7 nitrogen and oxygen atoms in total. The number of nitrogens with one attached hydrogen (secondary N) is 2. The second-order valence-corrected chi connectivity index (χ2v) is 5.21. The van der Waals surface area contributed by atoms with Gasteiger partial charge in [-0.3, -0.25) is 14.3 Å². The van der Waals surface area contributed by atoms with Crippen molar-refractivity contribution in [1.29, 1.82) is 0 Å². The highest BCUT2D eigenvalue weighted by Crippen LogP contribution is 2.16. The Morgan fingerprint density at radius 2 is 2.30 bits per heavy atom. The third-order valence-electron chi connectivity index (χ3n) is 3.05. The lowest BCUT2D eigenvalue weighted by atomic mass is 10.1. The van der Waals surface area contributed by atoms with Crippen LogP contribution in [0.15, 0.2) is 21.7 Å². The summed E-state index contributed by atoms with van der Waals surface area (Å²) in [6.07, 6.45) is 1.46. The van der Waals surface area contributed by atoms with Crippen molar-refractivity contribution >= 4 is 23.4 Å². The molecule has 3 aromatic rings. The molecule has 0 aliphatic carbocycles. The van der Waals surface area contributed by atoms with Crippen LogP contribution in [0.25, 0.3) is 11.2 Å². The average Bonchev–Trinajstić information content (AvgIpc) is 3.03. The average molecular weight is 291 g/mol. The first-order valence-electron chi connectivity index (χ1n) is 6.18. The lowest BCUT2D eigenvalue weighted by Gasteiger charge is -2.04. The second kappa shape index (κ2) is 4.71. The summed E-state index contributed by atoms with van der Waals surface area (Å²) < 4.78 is 7.30. The van der Waals surface area contributed by atoms with Crippen LogP contribution >= 0.6 is 12.2 Å². The van der Waals surface area contributed by atoms with E-state index in [0.29, 0.717) is 34.2 Å². The molecule has 0 aliphatic rings. The molecular formula is C12H13N5O2S. The van der Waals surface area contributed by atoms with E-state index >= 15 is 0 Å². The second-order valence-electron chi connectivity index (χ2n) is 4.82. The van der Waals surface area contributed by atoms with E-state index in [1.54, 1.807) is 4.57 Å². The molecule has 8 heteroatoms. The Kier molecular flexibility index (Phi) is 3.01. The van der Waals surface area contributed by atoms with Gasteiger partial charge in [0.05, 0.1) is 18.6 Å². The van der Waals surface area contributed by atoms with Gasteiger partial charge in [-0.15, -0.1) is 0 Å². The molecule has 0 aliphatic heterocycles. The predicted molar refractivity (Wildman–Crippen MR) is 75.2 cm³/mol. The summed E-state index contributed by atoms with van der Waals surface area (Å²) in [5.74, 6) is 0.961. The van der Waals surface area contributed by atoms with Crippen molar-refractivity contribution in [2.24, 2.45) is 0 Å². The van der Waals surface area contributed by atoms with E-state index in [4.69, 9.17) is 16.7 Å². The number of imidazole rings is 1. The van der Waals surface area contributed by atoms with Gasteiger partial charge in [-0.1, -0.05) is 19.0 Å². The minimum atomic E-state index is -0.279. The molecule has 0 saturated carbocycles. The molecule has 0 saturated heterocycles. The van der Waals surface area contributed by atoms with Crippen LogP contribution in [0.4, 0.5) is 0 Å². The van der Waals surface area contributed by atoms with Crippen LogP contribution < -0.4 is 5.56 Å². The molecule has 0 bridgehead atoms. The zero-order valence-corrected chi connectivity index (χ0v) is 11.8. The number of H-pyrrole nitrogens is 2. The molecule has 0 unspecified atom stereocenters. The maximum atomic E-state index is 11.7. The largest absolute Gasteiger partial charge is 0.359 e. The Hall–Kier alpha value is -2.22. The number of nitrogens with zero attached hydrogens (tertiary/aromatic N) is 3. The minimum absolute atomic E-state index is 0.279. The van der Waals surface area contributed by atoms with E-state index in [-0.39, 0.29) is 5.56 Å². The smallest absolute Gasteiger partial charge is 0.277 e. The van der Waals surface area contributed by atoms with Gasteiger partial charge in [-0.25, -0.2) is 4.98 Å². The zero-order chi connectivity index (χ0) is 14.3. The van der Waals surface area contributed by atoms with Gasteiger partial charge in [0.2, 0.25) is 0 Å². The lowest BCUT2D eigenvalue weighted by Crippen LogP contribution is -2.15. The van der Waals surface area contributed by atoms with Gasteiger partial charge in [-0.2, -0.15) is 0 Å². The highest BCUT2D eigenvalue weighted by Gasteiger charge is 2.12. The summed E-state index contributed by atoms with van der Waals surface area (Å²) in [5, 5.41) is 4.00. The summed E-state index contributed by atoms with van der Waals surface area (Å²) in [5.41, 5.74) is 1.50. The SMILES string of the molecule is CC(C)c1cc(Cn2c(=S)[nH]c(=O)c3[nH]cnc32)on1. The molecule has 0 radical (unpaired) electrons. The number of fused-ring (bicyclic) bond motifs is 1. The van der Waals surface area contributed by atoms with E-state index < -0.39 is 0 Å². The van der Waals surface area contributed by atoms with Crippen molar-refractivity contribution in [2.45, 2.75) is 26.3 Å². The maximum absolute atomic E-state index is 11.7. The maximum Gasteiger partial charge on any atom is 0.277 e. The molecule has 3 aromatic heterocycles. The van der Waals surface area contributed by atoms with Crippen LogP contribution in [-0.4, -0.2) is 24.7 Å². The number of rotatable bonds is 3. The fourth-order valence-electron chi connectivity index (χ4n) is 1.96. The van der Waals surface area contributed by atoms with E-state index in [9.17, 15) is 4.79 Å². The molecule has 104 valence electrons. The van der Waals surface area contributed by atoms with Crippen molar-refractivity contribution in [2.75, 3.05) is 0 Å². The first-order chi connectivity index (χ1) is 9.56. The Bertz CT molecular complexity index is 870. The van der Waals surface area contributed by atoms with Crippen LogP contribution in [-0.2, 0) is 6.54 Å². The Morgan fingerprint density at radius 3 is 3.00 bits per heavy atom. The van der Waals surface area contributed by atoms with E-state index in [1.807, 2.05) is 19.9 Å². The summed E-state index contributed by atoms with van der Waals surface area (Å²) in [6.45, 7) is 4.45. The van der Waals surface area contributed by atoms with Gasteiger partial charge in [0.15, 0.2) is 16.2 Å². The van der Waals surface area contributed by atoms with Crippen molar-refractivity contribution < 1.29 is 4.52 Å². The third-order valence-corrected chi connectivity index (χ3v) is 3.37. The Labute approximate surface area is 118 Å². The van der Waals surface area contributed by atoms with Crippen molar-refractivity contribution in [1.82, 2.24) is 24.7 Å². The van der Waals surface area contributed by atoms with Crippen molar-refractivity contribution in [3.05, 3.63) is 39.0 Å². The quantitative estimate of drug-likeness (QED) is 0.719. The van der Waals surface area contributed by atoms with E-state index in [1.165, 1.54) is 6.33 Å². The van der Waals surface area contributed by atoms with Gasteiger partial charge in [0, 0.05) is 6.07 Å². The molecule has 0 aromatic carbocycles. The monoisotopic (exact) mass is 291 g/mol. The summed E-state index contributed by atoms with van der Waals surface area (Å²) in [6, 6.07) is 1.88. The van der Waals surface area contributed by atoms with Gasteiger partial charge in [-0.05, 0) is 18.1 Å². The number of aromatic nitrogens is 5. The lowest BCUT2D eigenvalue weighted by molar-refractivity contribution is 0.368. The standard InChI is InChI=1S/C12H13N5O2S/c1-6(2)8-3-7(19-16-8)4-17-10-9(13-5-14-10)11(18)15-12(17)20/h3,5-6H,4H2,1-2H3,(H,13,14)(H,15,18,20). The Balaban J connectivity index is 2.08. The van der Waals surface area contributed by atoms with Gasteiger partial charge < -0.3 is 9.51 Å². The number of aromatic amines is 2. The van der Waals surface area contributed by atoms with Crippen LogP contribution in [0.2, 0.25) is 0 Å². The highest BCUT2D eigenvalue weighted by molar-refractivity contribution is 7.71.